The summed E-state index contributed by atoms with van der Waals surface area (Å²) in [6.07, 6.45) is 1.58. The lowest BCUT2D eigenvalue weighted by molar-refractivity contribution is -0.119. The molecule has 26 heavy (non-hydrogen) atoms. The fraction of sp³-hybridized carbons (Fsp3) is 0.100. The van der Waals surface area contributed by atoms with Gasteiger partial charge in [0.05, 0.1) is 24.3 Å². The fourth-order valence-corrected chi connectivity index (χ4v) is 3.09. The van der Waals surface area contributed by atoms with Gasteiger partial charge in [0.25, 0.3) is 5.91 Å². The molecule has 0 aliphatic carbocycles. The summed E-state index contributed by atoms with van der Waals surface area (Å²) in [5.41, 5.74) is 4.28. The van der Waals surface area contributed by atoms with Gasteiger partial charge in [-0.25, -0.2) is 5.43 Å². The first-order valence-corrected chi connectivity index (χ1v) is 8.84. The van der Waals surface area contributed by atoms with Crippen LogP contribution in [0.5, 0.6) is 5.75 Å². The normalized spacial score (nSPS) is 10.8. The van der Waals surface area contributed by atoms with Crippen LogP contribution in [0.15, 0.2) is 70.2 Å². The topological polar surface area (TPSA) is 62.7 Å². The van der Waals surface area contributed by atoms with Crippen LogP contribution in [-0.2, 0) is 4.79 Å². The molecule has 0 saturated carbocycles. The van der Waals surface area contributed by atoms with Crippen molar-refractivity contribution < 1.29 is 9.53 Å². The van der Waals surface area contributed by atoms with E-state index >= 15 is 0 Å². The maximum absolute atomic E-state index is 12.0. The molecule has 5 nitrogen and oxygen atoms in total. The number of benzene rings is 3. The summed E-state index contributed by atoms with van der Waals surface area (Å²) in [5.74, 6) is 0.521. The van der Waals surface area contributed by atoms with E-state index in [0.717, 1.165) is 32.2 Å². The number of hydrogen-bond donors (Lipinski definition) is 2. The highest BCUT2D eigenvalue weighted by Gasteiger charge is 2.03. The van der Waals surface area contributed by atoms with Gasteiger partial charge in [-0.15, -0.1) is 0 Å². The van der Waals surface area contributed by atoms with E-state index in [9.17, 15) is 4.79 Å². The molecule has 0 aliphatic rings. The van der Waals surface area contributed by atoms with E-state index in [4.69, 9.17) is 4.74 Å². The Morgan fingerprint density at radius 2 is 1.96 bits per heavy atom. The van der Waals surface area contributed by atoms with Gasteiger partial charge in [-0.05, 0) is 51.1 Å². The molecule has 0 spiro atoms. The molecule has 1 amide bonds. The predicted octanol–water partition coefficient (Wildman–Crippen LogP) is 4.17. The minimum atomic E-state index is -0.221. The third-order valence-electron chi connectivity index (χ3n) is 3.81. The van der Waals surface area contributed by atoms with Gasteiger partial charge >= 0.3 is 0 Å². The summed E-state index contributed by atoms with van der Waals surface area (Å²) in [7, 11) is 1.61. The second kappa shape index (κ2) is 8.49. The molecular formula is C20H18BrN3O2. The van der Waals surface area contributed by atoms with E-state index in [1.165, 1.54) is 0 Å². The van der Waals surface area contributed by atoms with Crippen LogP contribution >= 0.6 is 15.9 Å². The van der Waals surface area contributed by atoms with Gasteiger partial charge < -0.3 is 10.1 Å². The maximum atomic E-state index is 12.0. The molecule has 0 unspecified atom stereocenters. The summed E-state index contributed by atoms with van der Waals surface area (Å²) in [6.45, 7) is 0.137. The number of anilines is 1. The average molecular weight is 412 g/mol. The van der Waals surface area contributed by atoms with Gasteiger partial charge in [0.15, 0.2) is 0 Å². The monoisotopic (exact) mass is 411 g/mol. The zero-order valence-electron chi connectivity index (χ0n) is 14.2. The number of nitrogens with zero attached hydrogens (tertiary/aromatic N) is 1. The molecule has 132 valence electrons. The largest absolute Gasteiger partial charge is 0.496 e. The molecule has 0 saturated heterocycles. The predicted molar refractivity (Wildman–Crippen MR) is 109 cm³/mol. The molecule has 0 aromatic heterocycles. The van der Waals surface area contributed by atoms with Crippen molar-refractivity contribution in [1.29, 1.82) is 0 Å². The third-order valence-corrected chi connectivity index (χ3v) is 4.43. The lowest BCUT2D eigenvalue weighted by Crippen LogP contribution is -2.25. The Morgan fingerprint density at radius 1 is 1.15 bits per heavy atom. The van der Waals surface area contributed by atoms with E-state index in [2.05, 4.69) is 31.8 Å². The minimum Gasteiger partial charge on any atom is -0.496 e. The molecule has 0 bridgehead atoms. The van der Waals surface area contributed by atoms with E-state index in [1.54, 1.807) is 13.3 Å². The number of carbonyl (C=O) groups is 1. The van der Waals surface area contributed by atoms with Gasteiger partial charge in [0.1, 0.15) is 5.75 Å². The van der Waals surface area contributed by atoms with Crippen LogP contribution in [0.2, 0.25) is 0 Å². The van der Waals surface area contributed by atoms with Gasteiger partial charge in [-0.3, -0.25) is 4.79 Å². The fourth-order valence-electron chi connectivity index (χ4n) is 2.54. The number of hydrazone groups is 1. The number of fused-ring (bicyclic) bond motifs is 1. The lowest BCUT2D eigenvalue weighted by atomic mass is 10.1. The van der Waals surface area contributed by atoms with Crippen LogP contribution < -0.4 is 15.5 Å². The van der Waals surface area contributed by atoms with Crippen molar-refractivity contribution in [3.05, 3.63) is 70.7 Å². The average Bonchev–Trinajstić information content (AvgIpc) is 2.66. The molecule has 2 N–H and O–H groups in total. The summed E-state index contributed by atoms with van der Waals surface area (Å²) in [5, 5.41) is 9.34. The van der Waals surface area contributed by atoms with E-state index in [1.807, 2.05) is 60.7 Å². The number of ether oxygens (including phenoxy) is 1. The Morgan fingerprint density at radius 3 is 2.77 bits per heavy atom. The summed E-state index contributed by atoms with van der Waals surface area (Å²) in [4.78, 5) is 12.0. The van der Waals surface area contributed by atoms with Gasteiger partial charge in [0.2, 0.25) is 0 Å². The summed E-state index contributed by atoms with van der Waals surface area (Å²) in [6, 6.07) is 19.5. The van der Waals surface area contributed by atoms with Gasteiger partial charge in [0, 0.05) is 11.1 Å². The van der Waals surface area contributed by atoms with Crippen molar-refractivity contribution in [2.75, 3.05) is 19.0 Å². The highest BCUT2D eigenvalue weighted by molar-refractivity contribution is 9.10. The van der Waals surface area contributed by atoms with Crippen LogP contribution in [0.1, 0.15) is 5.56 Å². The van der Waals surface area contributed by atoms with Crippen LogP contribution in [0, 0.1) is 0 Å². The SMILES string of the molecule is COc1ccc(/C=N/NC(=O)CNc2cccc3ccccc23)cc1Br. The number of rotatable bonds is 6. The van der Waals surface area contributed by atoms with E-state index in [-0.39, 0.29) is 12.5 Å². The Hall–Kier alpha value is -2.86. The van der Waals surface area contributed by atoms with Crippen molar-refractivity contribution in [1.82, 2.24) is 5.43 Å². The van der Waals surface area contributed by atoms with Crippen LogP contribution in [0.25, 0.3) is 10.8 Å². The summed E-state index contributed by atoms with van der Waals surface area (Å²) >= 11 is 3.41. The molecule has 0 radical (unpaired) electrons. The number of methoxy groups -OCH3 is 1. The van der Waals surface area contributed by atoms with E-state index < -0.39 is 0 Å². The second-order valence-corrected chi connectivity index (χ2v) is 6.42. The van der Waals surface area contributed by atoms with Crippen LogP contribution in [-0.4, -0.2) is 25.8 Å². The Balaban J connectivity index is 1.56. The van der Waals surface area contributed by atoms with Gasteiger partial charge in [-0.2, -0.15) is 5.10 Å². The smallest absolute Gasteiger partial charge is 0.259 e. The Bertz CT molecular complexity index is 951. The molecule has 3 aromatic carbocycles. The Kier molecular flexibility index (Phi) is 5.86. The van der Waals surface area contributed by atoms with Crippen molar-refractivity contribution in [2.45, 2.75) is 0 Å². The lowest BCUT2D eigenvalue weighted by Gasteiger charge is -2.08. The number of carbonyl (C=O) groups excluding carboxylic acids is 1. The minimum absolute atomic E-state index is 0.137. The second-order valence-electron chi connectivity index (χ2n) is 5.57. The third kappa shape index (κ3) is 4.40. The molecular weight excluding hydrogens is 394 g/mol. The zero-order valence-corrected chi connectivity index (χ0v) is 15.8. The van der Waals surface area contributed by atoms with Crippen molar-refractivity contribution >= 4 is 44.5 Å². The van der Waals surface area contributed by atoms with Crippen molar-refractivity contribution in [3.63, 3.8) is 0 Å². The van der Waals surface area contributed by atoms with Crippen molar-refractivity contribution in [3.8, 4) is 5.75 Å². The zero-order chi connectivity index (χ0) is 18.4. The standard InChI is InChI=1S/C20H18BrN3O2/c1-26-19-10-9-14(11-17(19)21)12-23-24-20(25)13-22-18-8-4-6-15-5-2-3-7-16(15)18/h2-12,22H,13H2,1H3,(H,24,25)/b23-12+. The van der Waals surface area contributed by atoms with Crippen LogP contribution in [0.4, 0.5) is 5.69 Å². The van der Waals surface area contributed by atoms with Crippen molar-refractivity contribution in [2.24, 2.45) is 5.10 Å². The van der Waals surface area contributed by atoms with Gasteiger partial charge in [-0.1, -0.05) is 36.4 Å². The first-order chi connectivity index (χ1) is 12.7. The molecule has 6 heteroatoms. The highest BCUT2D eigenvalue weighted by Crippen LogP contribution is 2.25. The molecule has 3 rings (SSSR count). The molecule has 0 fully saturated rings. The first kappa shape index (κ1) is 17.9. The summed E-state index contributed by atoms with van der Waals surface area (Å²) < 4.78 is 6.00. The van der Waals surface area contributed by atoms with Crippen LogP contribution in [0.3, 0.4) is 0 Å². The number of amides is 1. The maximum Gasteiger partial charge on any atom is 0.259 e. The quantitative estimate of drug-likeness (QED) is 0.472. The molecule has 3 aromatic rings. The first-order valence-electron chi connectivity index (χ1n) is 8.04. The molecule has 0 atom stereocenters. The van der Waals surface area contributed by atoms with E-state index in [0.29, 0.717) is 0 Å². The number of hydrogen-bond acceptors (Lipinski definition) is 4. The number of nitrogens with one attached hydrogen (secondary N) is 2. The molecule has 0 aliphatic heterocycles. The number of halogens is 1. The Labute approximate surface area is 160 Å². The highest BCUT2D eigenvalue weighted by atomic mass is 79.9. The molecule has 0 heterocycles.